The normalized spacial score (nSPS) is 11.4. The molecule has 2 aromatic heterocycles. The molecule has 0 spiro atoms. The van der Waals surface area contributed by atoms with Crippen LogP contribution in [-0.4, -0.2) is 35.3 Å². The summed E-state index contributed by atoms with van der Waals surface area (Å²) in [5, 5.41) is 0.847. The smallest absolute Gasteiger partial charge is 0.276 e. The van der Waals surface area contributed by atoms with Crippen molar-refractivity contribution in [1.29, 1.82) is 0 Å². The largest absolute Gasteiger partial charge is 0.396 e. The highest BCUT2D eigenvalue weighted by atomic mass is 16.5. The Labute approximate surface area is 155 Å². The van der Waals surface area contributed by atoms with Crippen LogP contribution in [0.1, 0.15) is 5.56 Å². The lowest BCUT2D eigenvalue weighted by Gasteiger charge is -2.03. The highest BCUT2D eigenvalue weighted by Crippen LogP contribution is 2.31. The average Bonchev–Trinajstić information content (AvgIpc) is 3.00. The van der Waals surface area contributed by atoms with Gasteiger partial charge in [-0.1, -0.05) is 24.3 Å². The first-order valence-electron chi connectivity index (χ1n) is 8.63. The van der Waals surface area contributed by atoms with E-state index in [-0.39, 0.29) is 11.3 Å². The van der Waals surface area contributed by atoms with Crippen LogP contribution in [0.4, 0.5) is 5.69 Å². The molecule has 0 radical (unpaired) electrons. The molecule has 2 heterocycles. The molecule has 0 aliphatic heterocycles. The van der Waals surface area contributed by atoms with Crippen LogP contribution in [0.5, 0.6) is 0 Å². The van der Waals surface area contributed by atoms with Crippen molar-refractivity contribution in [2.45, 2.75) is 6.61 Å². The Hall–Kier alpha value is -3.16. The van der Waals surface area contributed by atoms with Crippen molar-refractivity contribution in [2.24, 2.45) is 0 Å². The van der Waals surface area contributed by atoms with Crippen molar-refractivity contribution in [3.8, 4) is 11.4 Å². The molecular weight excluding hydrogens is 344 g/mol. The number of nitrogens with one attached hydrogen (secondary N) is 2. The van der Waals surface area contributed by atoms with E-state index in [4.69, 9.17) is 15.2 Å². The number of nitrogens with zero attached hydrogens (tertiary/aromatic N) is 1. The van der Waals surface area contributed by atoms with Crippen LogP contribution in [0.3, 0.4) is 0 Å². The lowest BCUT2D eigenvalue weighted by Crippen LogP contribution is -2.12. The summed E-state index contributed by atoms with van der Waals surface area (Å²) in [5.74, 6) is 0. The number of anilines is 1. The molecule has 0 saturated carbocycles. The second-order valence-corrected chi connectivity index (χ2v) is 6.27. The van der Waals surface area contributed by atoms with E-state index in [2.05, 4.69) is 15.0 Å². The zero-order valence-electron chi connectivity index (χ0n) is 14.9. The lowest BCUT2D eigenvalue weighted by molar-refractivity contribution is 0.0617. The minimum atomic E-state index is -0.282. The molecule has 0 saturated heterocycles. The number of rotatable bonds is 6. The van der Waals surface area contributed by atoms with Crippen molar-refractivity contribution in [3.05, 3.63) is 58.4 Å². The molecule has 4 rings (SSSR count). The molecule has 0 bridgehead atoms. The number of hydrogen-bond donors (Lipinski definition) is 3. The van der Waals surface area contributed by atoms with Gasteiger partial charge in [0.15, 0.2) is 5.69 Å². The quantitative estimate of drug-likeness (QED) is 0.456. The Balaban J connectivity index is 1.73. The zero-order valence-corrected chi connectivity index (χ0v) is 14.9. The number of benzene rings is 2. The molecule has 0 amide bonds. The number of ether oxygens (including phenoxy) is 2. The van der Waals surface area contributed by atoms with Gasteiger partial charge >= 0.3 is 0 Å². The van der Waals surface area contributed by atoms with E-state index in [9.17, 15) is 4.79 Å². The van der Waals surface area contributed by atoms with E-state index in [1.165, 1.54) is 0 Å². The van der Waals surface area contributed by atoms with Gasteiger partial charge in [0.1, 0.15) is 0 Å². The summed E-state index contributed by atoms with van der Waals surface area (Å²) >= 11 is 0. The van der Waals surface area contributed by atoms with Crippen LogP contribution in [0.25, 0.3) is 33.3 Å². The molecule has 0 unspecified atom stereocenters. The number of nitrogen functional groups attached to an aromatic ring is 1. The van der Waals surface area contributed by atoms with E-state index in [1.54, 1.807) is 7.11 Å². The van der Waals surface area contributed by atoms with Crippen LogP contribution >= 0.6 is 0 Å². The van der Waals surface area contributed by atoms with Crippen molar-refractivity contribution >= 4 is 27.6 Å². The first-order chi connectivity index (χ1) is 13.2. The Bertz CT molecular complexity index is 1160. The van der Waals surface area contributed by atoms with Gasteiger partial charge in [-0.25, -0.2) is 4.98 Å². The number of aromatic amines is 2. The molecule has 4 N–H and O–H groups in total. The monoisotopic (exact) mass is 364 g/mol. The van der Waals surface area contributed by atoms with Crippen molar-refractivity contribution in [1.82, 2.24) is 15.0 Å². The highest BCUT2D eigenvalue weighted by Gasteiger charge is 2.16. The molecule has 7 heteroatoms. The minimum absolute atomic E-state index is 0.278. The molecular formula is C20H20N4O3. The number of para-hydroxylation sites is 2. The van der Waals surface area contributed by atoms with E-state index >= 15 is 0 Å². The van der Waals surface area contributed by atoms with Crippen LogP contribution in [0.15, 0.2) is 47.3 Å². The summed E-state index contributed by atoms with van der Waals surface area (Å²) in [6, 6.07) is 13.3. The van der Waals surface area contributed by atoms with Crippen LogP contribution in [0.2, 0.25) is 0 Å². The van der Waals surface area contributed by atoms with Gasteiger partial charge in [0.2, 0.25) is 0 Å². The number of methoxy groups -OCH3 is 1. The van der Waals surface area contributed by atoms with Crippen LogP contribution in [0, 0.1) is 0 Å². The van der Waals surface area contributed by atoms with Gasteiger partial charge in [-0.15, -0.1) is 0 Å². The topological polar surface area (TPSA) is 106 Å². The Kier molecular flexibility index (Phi) is 4.62. The number of fused-ring (bicyclic) bond motifs is 2. The Morgan fingerprint density at radius 2 is 1.93 bits per heavy atom. The van der Waals surface area contributed by atoms with Crippen LogP contribution in [-0.2, 0) is 16.1 Å². The molecule has 4 aromatic rings. The van der Waals surface area contributed by atoms with Gasteiger partial charge in [-0.2, -0.15) is 0 Å². The SMILES string of the molecule is COCCOCc1ccc2c(N)c(-c3nc4ccccc4[nH]c3=O)[nH]c2c1. The minimum Gasteiger partial charge on any atom is -0.396 e. The van der Waals surface area contributed by atoms with E-state index < -0.39 is 0 Å². The predicted molar refractivity (Wildman–Crippen MR) is 106 cm³/mol. The molecule has 0 fully saturated rings. The fourth-order valence-electron chi connectivity index (χ4n) is 3.07. The zero-order chi connectivity index (χ0) is 18.8. The summed E-state index contributed by atoms with van der Waals surface area (Å²) in [6.07, 6.45) is 0. The van der Waals surface area contributed by atoms with E-state index in [1.807, 2.05) is 42.5 Å². The predicted octanol–water partition coefficient (Wildman–Crippen LogP) is 2.82. The summed E-state index contributed by atoms with van der Waals surface area (Å²) in [5.41, 5.74) is 10.6. The summed E-state index contributed by atoms with van der Waals surface area (Å²) in [4.78, 5) is 23.1. The van der Waals surface area contributed by atoms with Gasteiger partial charge in [-0.3, -0.25) is 4.79 Å². The maximum absolute atomic E-state index is 12.5. The van der Waals surface area contributed by atoms with E-state index in [0.717, 1.165) is 16.5 Å². The molecule has 7 nitrogen and oxygen atoms in total. The third-order valence-electron chi connectivity index (χ3n) is 4.44. The summed E-state index contributed by atoms with van der Waals surface area (Å²) in [7, 11) is 1.64. The maximum atomic E-state index is 12.5. The average molecular weight is 364 g/mol. The van der Waals surface area contributed by atoms with Gasteiger partial charge in [0.05, 0.1) is 42.2 Å². The Morgan fingerprint density at radius 3 is 2.78 bits per heavy atom. The number of nitrogens with two attached hydrogens (primary N) is 1. The van der Waals surface area contributed by atoms with Crippen molar-refractivity contribution in [2.75, 3.05) is 26.1 Å². The first kappa shape index (κ1) is 17.3. The molecule has 2 aromatic carbocycles. The second-order valence-electron chi connectivity index (χ2n) is 6.27. The number of H-pyrrole nitrogens is 2. The lowest BCUT2D eigenvalue weighted by atomic mass is 10.1. The molecule has 27 heavy (non-hydrogen) atoms. The Morgan fingerprint density at radius 1 is 1.07 bits per heavy atom. The second kappa shape index (κ2) is 7.22. The third kappa shape index (κ3) is 3.30. The fourth-order valence-corrected chi connectivity index (χ4v) is 3.07. The van der Waals surface area contributed by atoms with Gasteiger partial charge < -0.3 is 25.2 Å². The van der Waals surface area contributed by atoms with Crippen molar-refractivity contribution < 1.29 is 9.47 Å². The first-order valence-corrected chi connectivity index (χ1v) is 8.63. The molecule has 0 aliphatic carbocycles. The van der Waals surface area contributed by atoms with Gasteiger partial charge in [-0.05, 0) is 23.8 Å². The van der Waals surface area contributed by atoms with Crippen LogP contribution < -0.4 is 11.3 Å². The van der Waals surface area contributed by atoms with Crippen molar-refractivity contribution in [3.63, 3.8) is 0 Å². The standard InChI is InChI=1S/C20H20N4O3/c1-26-8-9-27-11-12-6-7-13-16(10-12)23-18(17(13)21)19-20(25)24-15-5-3-2-4-14(15)22-19/h2-7,10,23H,8-9,11,21H2,1H3,(H,24,25). The fraction of sp³-hybridized carbons (Fsp3) is 0.200. The molecule has 0 aliphatic rings. The highest BCUT2D eigenvalue weighted by molar-refractivity contribution is 5.99. The summed E-state index contributed by atoms with van der Waals surface area (Å²) < 4.78 is 10.5. The number of aromatic nitrogens is 3. The maximum Gasteiger partial charge on any atom is 0.276 e. The third-order valence-corrected chi connectivity index (χ3v) is 4.44. The number of hydrogen-bond acceptors (Lipinski definition) is 5. The van der Waals surface area contributed by atoms with Gasteiger partial charge in [0.25, 0.3) is 5.56 Å². The summed E-state index contributed by atoms with van der Waals surface area (Å²) in [6.45, 7) is 1.56. The van der Waals surface area contributed by atoms with Gasteiger partial charge in [0, 0.05) is 18.0 Å². The molecule has 138 valence electrons. The molecule has 0 atom stereocenters. The van der Waals surface area contributed by atoms with E-state index in [0.29, 0.717) is 42.2 Å².